The Labute approximate surface area is 221 Å². The Kier molecular flexibility index (Phi) is 6.83. The van der Waals surface area contributed by atoms with Gasteiger partial charge in [0.15, 0.2) is 5.65 Å². The number of carbonyl (C=O) groups is 1. The smallest absolute Gasteiger partial charge is 0.257 e. The predicted octanol–water partition coefficient (Wildman–Crippen LogP) is 4.12. The fourth-order valence-corrected chi connectivity index (χ4v) is 6.01. The number of rotatable bonds is 8. The number of hydrogen-bond acceptors (Lipinski definition) is 6. The fraction of sp³-hybridized carbons (Fsp3) is 0.179. The van der Waals surface area contributed by atoms with Gasteiger partial charge in [-0.05, 0) is 35.9 Å². The average Bonchev–Trinajstić information content (AvgIpc) is 3.22. The van der Waals surface area contributed by atoms with Crippen molar-refractivity contribution in [2.45, 2.75) is 25.3 Å². The summed E-state index contributed by atoms with van der Waals surface area (Å²) in [6.45, 7) is 4.60. The lowest BCUT2D eigenvalue weighted by atomic mass is 10.2. The lowest BCUT2D eigenvalue weighted by Gasteiger charge is -2.19. The molecule has 0 saturated carbocycles. The molecule has 0 aliphatic heterocycles. The minimum atomic E-state index is -3.72. The molecule has 0 aliphatic carbocycles. The van der Waals surface area contributed by atoms with E-state index in [1.165, 1.54) is 4.31 Å². The Morgan fingerprint density at radius 3 is 2.26 bits per heavy atom. The molecule has 0 radical (unpaired) electrons. The van der Waals surface area contributed by atoms with Gasteiger partial charge < -0.3 is 11.1 Å². The van der Waals surface area contributed by atoms with E-state index in [4.69, 9.17) is 15.7 Å². The lowest BCUT2D eigenvalue weighted by molar-refractivity contribution is 0.0953. The minimum absolute atomic E-state index is 0.123. The van der Waals surface area contributed by atoms with Crippen LogP contribution in [0.3, 0.4) is 0 Å². The van der Waals surface area contributed by atoms with Gasteiger partial charge in [-0.25, -0.2) is 18.4 Å². The highest BCUT2D eigenvalue weighted by Crippen LogP contribution is 2.32. The number of aromatic nitrogens is 3. The van der Waals surface area contributed by atoms with E-state index in [0.29, 0.717) is 47.5 Å². The first kappa shape index (κ1) is 25.4. The van der Waals surface area contributed by atoms with Gasteiger partial charge in [-0.1, -0.05) is 62.4 Å². The van der Waals surface area contributed by atoms with Crippen LogP contribution in [0.2, 0.25) is 0 Å². The maximum Gasteiger partial charge on any atom is 0.257 e. The standard InChI is InChI=1S/C28H28N6O3S/c1-3-33(4-2)38(36,37)21-14-10-13-20(17-21)34-26(29)24(28(35)30-18-19-11-6-5-7-12-19)25-27(34)32-23-16-9-8-15-22(23)31-25/h5-17H,3-4,18,29H2,1-2H3,(H,30,35). The van der Waals surface area contributed by atoms with E-state index in [-0.39, 0.29) is 16.3 Å². The van der Waals surface area contributed by atoms with Crippen LogP contribution in [0.5, 0.6) is 0 Å². The Morgan fingerprint density at radius 1 is 0.921 bits per heavy atom. The van der Waals surface area contributed by atoms with Gasteiger partial charge in [-0.3, -0.25) is 9.36 Å². The summed E-state index contributed by atoms with van der Waals surface area (Å²) in [4.78, 5) is 23.1. The first-order valence-electron chi connectivity index (χ1n) is 12.3. The molecular weight excluding hydrogens is 500 g/mol. The highest BCUT2D eigenvalue weighted by molar-refractivity contribution is 7.89. The van der Waals surface area contributed by atoms with Crippen LogP contribution in [-0.2, 0) is 16.6 Å². The summed E-state index contributed by atoms with van der Waals surface area (Å²) in [5, 5.41) is 2.92. The molecule has 0 bridgehead atoms. The number of nitrogens with two attached hydrogens (primary N) is 1. The maximum absolute atomic E-state index is 13.5. The number of hydrogen-bond donors (Lipinski definition) is 2. The zero-order valence-corrected chi connectivity index (χ0v) is 21.9. The van der Waals surface area contributed by atoms with Gasteiger partial charge in [-0.15, -0.1) is 0 Å². The number of nitrogen functional groups attached to an aromatic ring is 1. The molecule has 0 aliphatic rings. The summed E-state index contributed by atoms with van der Waals surface area (Å²) in [5.74, 6) is -0.273. The predicted molar refractivity (Wildman–Crippen MR) is 149 cm³/mol. The van der Waals surface area contributed by atoms with Crippen LogP contribution in [0, 0.1) is 0 Å². The zero-order valence-electron chi connectivity index (χ0n) is 21.1. The van der Waals surface area contributed by atoms with E-state index in [1.54, 1.807) is 42.7 Å². The largest absolute Gasteiger partial charge is 0.384 e. The SMILES string of the molecule is CCN(CC)S(=O)(=O)c1cccc(-n2c(N)c(C(=O)NCc3ccccc3)c3nc4ccccc4nc32)c1. The van der Waals surface area contributed by atoms with Crippen molar-refractivity contribution in [3.63, 3.8) is 0 Å². The van der Waals surface area contributed by atoms with E-state index in [9.17, 15) is 13.2 Å². The molecule has 10 heteroatoms. The molecule has 3 N–H and O–H groups in total. The molecule has 0 atom stereocenters. The van der Waals surface area contributed by atoms with Crippen molar-refractivity contribution in [1.82, 2.24) is 24.2 Å². The van der Waals surface area contributed by atoms with E-state index in [0.717, 1.165) is 5.56 Å². The van der Waals surface area contributed by atoms with E-state index >= 15 is 0 Å². The van der Waals surface area contributed by atoms with Crippen molar-refractivity contribution in [3.8, 4) is 5.69 Å². The number of anilines is 1. The third-order valence-corrected chi connectivity index (χ3v) is 8.49. The summed E-state index contributed by atoms with van der Waals surface area (Å²) >= 11 is 0. The maximum atomic E-state index is 13.5. The molecule has 3 aromatic carbocycles. The molecule has 38 heavy (non-hydrogen) atoms. The number of sulfonamides is 1. The molecule has 0 unspecified atom stereocenters. The number of fused-ring (bicyclic) bond motifs is 2. The van der Waals surface area contributed by atoms with Crippen LogP contribution in [0.15, 0.2) is 83.8 Å². The van der Waals surface area contributed by atoms with E-state index in [1.807, 2.05) is 54.6 Å². The molecule has 2 aromatic heterocycles. The van der Waals surface area contributed by atoms with Gasteiger partial charge in [0.1, 0.15) is 16.9 Å². The molecule has 9 nitrogen and oxygen atoms in total. The van der Waals surface area contributed by atoms with Crippen LogP contribution >= 0.6 is 0 Å². The summed E-state index contributed by atoms with van der Waals surface area (Å²) in [6, 6.07) is 23.4. The second-order valence-corrected chi connectivity index (χ2v) is 10.7. The second kappa shape index (κ2) is 10.2. The van der Waals surface area contributed by atoms with Crippen LogP contribution < -0.4 is 11.1 Å². The number of para-hydroxylation sites is 2. The molecule has 0 saturated heterocycles. The Balaban J connectivity index is 1.68. The Morgan fingerprint density at radius 2 is 1.58 bits per heavy atom. The van der Waals surface area contributed by atoms with E-state index in [2.05, 4.69) is 5.32 Å². The van der Waals surface area contributed by atoms with Crippen molar-refractivity contribution in [1.29, 1.82) is 0 Å². The summed E-state index contributed by atoms with van der Waals surface area (Å²) in [7, 11) is -3.72. The van der Waals surface area contributed by atoms with Crippen LogP contribution in [0.1, 0.15) is 29.8 Å². The normalized spacial score (nSPS) is 11.9. The minimum Gasteiger partial charge on any atom is -0.384 e. The summed E-state index contributed by atoms with van der Waals surface area (Å²) in [6.07, 6.45) is 0. The molecule has 194 valence electrons. The molecule has 0 spiro atoms. The first-order chi connectivity index (χ1) is 18.3. The summed E-state index contributed by atoms with van der Waals surface area (Å²) in [5.41, 5.74) is 10.2. The lowest BCUT2D eigenvalue weighted by Crippen LogP contribution is -2.30. The van der Waals surface area contributed by atoms with Crippen LogP contribution in [0.25, 0.3) is 27.9 Å². The first-order valence-corrected chi connectivity index (χ1v) is 13.8. The molecular formula is C28H28N6O3S. The third-order valence-electron chi connectivity index (χ3n) is 6.44. The highest BCUT2D eigenvalue weighted by atomic mass is 32.2. The number of carbonyl (C=O) groups excluding carboxylic acids is 1. The zero-order chi connectivity index (χ0) is 26.9. The Hall–Kier alpha value is -4.28. The van der Waals surface area contributed by atoms with Crippen molar-refractivity contribution in [3.05, 3.63) is 90.0 Å². The van der Waals surface area contributed by atoms with Crippen molar-refractivity contribution in [2.75, 3.05) is 18.8 Å². The van der Waals surface area contributed by atoms with Gasteiger partial charge >= 0.3 is 0 Å². The molecule has 5 rings (SSSR count). The Bertz CT molecular complexity index is 1750. The molecule has 0 fully saturated rings. The highest BCUT2D eigenvalue weighted by Gasteiger charge is 2.27. The summed E-state index contributed by atoms with van der Waals surface area (Å²) < 4.78 is 29.4. The van der Waals surface area contributed by atoms with Gasteiger partial charge in [0.2, 0.25) is 10.0 Å². The van der Waals surface area contributed by atoms with Crippen LogP contribution in [-0.4, -0.2) is 46.3 Å². The molecule has 2 heterocycles. The number of nitrogens with one attached hydrogen (secondary N) is 1. The fourth-order valence-electron chi connectivity index (χ4n) is 4.51. The van der Waals surface area contributed by atoms with Gasteiger partial charge in [0.25, 0.3) is 5.91 Å². The van der Waals surface area contributed by atoms with Crippen molar-refractivity contribution >= 4 is 43.9 Å². The van der Waals surface area contributed by atoms with Crippen molar-refractivity contribution < 1.29 is 13.2 Å². The monoisotopic (exact) mass is 528 g/mol. The number of amides is 1. The second-order valence-electron chi connectivity index (χ2n) is 8.74. The van der Waals surface area contributed by atoms with Crippen molar-refractivity contribution in [2.24, 2.45) is 0 Å². The van der Waals surface area contributed by atoms with Crippen LogP contribution in [0.4, 0.5) is 5.82 Å². The third kappa shape index (κ3) is 4.48. The average molecular weight is 529 g/mol. The number of benzene rings is 3. The van der Waals surface area contributed by atoms with Gasteiger partial charge in [0, 0.05) is 19.6 Å². The topological polar surface area (TPSA) is 123 Å². The quantitative estimate of drug-likeness (QED) is 0.312. The van der Waals surface area contributed by atoms with Gasteiger partial charge in [-0.2, -0.15) is 4.31 Å². The van der Waals surface area contributed by atoms with Gasteiger partial charge in [0.05, 0.1) is 21.6 Å². The number of nitrogens with zero attached hydrogens (tertiary/aromatic N) is 4. The van der Waals surface area contributed by atoms with E-state index < -0.39 is 15.9 Å². The molecule has 1 amide bonds. The molecule has 5 aromatic rings.